The summed E-state index contributed by atoms with van der Waals surface area (Å²) in [5, 5.41) is 19.5. The first kappa shape index (κ1) is 10.6. The highest BCUT2D eigenvalue weighted by molar-refractivity contribution is 5.26. The summed E-state index contributed by atoms with van der Waals surface area (Å²) in [5.74, 6) is -0.247. The molecule has 0 amide bonds. The van der Waals surface area contributed by atoms with Crippen molar-refractivity contribution >= 4 is 5.82 Å². The number of aliphatic hydroxyl groups is 1. The Labute approximate surface area is 81.3 Å². The Morgan fingerprint density at radius 2 is 2.43 bits per heavy atom. The van der Waals surface area contributed by atoms with Crippen LogP contribution in [0.1, 0.15) is 25.5 Å². The van der Waals surface area contributed by atoms with Gasteiger partial charge in [0.2, 0.25) is 6.33 Å². The Hall–Kier alpha value is -1.43. The third-order valence-corrected chi connectivity index (χ3v) is 2.00. The number of imidazole rings is 1. The van der Waals surface area contributed by atoms with Crippen LogP contribution in [0.15, 0.2) is 6.33 Å². The van der Waals surface area contributed by atoms with Gasteiger partial charge < -0.3 is 19.8 Å². The van der Waals surface area contributed by atoms with Crippen LogP contribution in [0.5, 0.6) is 0 Å². The van der Waals surface area contributed by atoms with Crippen molar-refractivity contribution in [3.63, 3.8) is 0 Å². The average Bonchev–Trinajstić information content (AvgIpc) is 2.57. The fraction of sp³-hybridized carbons (Fsp3) is 0.625. The molecule has 0 bridgehead atoms. The maximum absolute atomic E-state index is 10.5. The minimum atomic E-state index is -0.575. The van der Waals surface area contributed by atoms with Crippen molar-refractivity contribution in [2.75, 3.05) is 0 Å². The third kappa shape index (κ3) is 2.08. The molecule has 1 heterocycles. The van der Waals surface area contributed by atoms with Crippen LogP contribution in [-0.2, 0) is 13.2 Å². The molecule has 0 aliphatic carbocycles. The number of aliphatic hydroxyl groups excluding tert-OH is 1. The van der Waals surface area contributed by atoms with Gasteiger partial charge in [-0.05, 0) is 16.3 Å². The van der Waals surface area contributed by atoms with Gasteiger partial charge in [-0.3, -0.25) is 0 Å². The van der Waals surface area contributed by atoms with Crippen molar-refractivity contribution < 1.29 is 10.0 Å². The fourth-order valence-corrected chi connectivity index (χ4v) is 1.23. The van der Waals surface area contributed by atoms with Gasteiger partial charge in [0.25, 0.3) is 0 Å². The van der Waals surface area contributed by atoms with Crippen LogP contribution in [-0.4, -0.2) is 19.6 Å². The van der Waals surface area contributed by atoms with Gasteiger partial charge in [0.1, 0.15) is 5.69 Å². The number of hydrogen-bond donors (Lipinski definition) is 1. The van der Waals surface area contributed by atoms with E-state index >= 15 is 0 Å². The molecule has 0 saturated carbocycles. The Balaban J connectivity index is 2.89. The van der Waals surface area contributed by atoms with Crippen molar-refractivity contribution in [1.82, 2.24) is 9.55 Å². The molecule has 0 aromatic carbocycles. The fourth-order valence-electron chi connectivity index (χ4n) is 1.23. The molecule has 1 aromatic heterocycles. The van der Waals surface area contributed by atoms with E-state index < -0.39 is 4.92 Å². The SMILES string of the molecule is CCCCn1cnc([N+](=O)[O-])c1CO. The lowest BCUT2D eigenvalue weighted by Crippen LogP contribution is -2.03. The lowest BCUT2D eigenvalue weighted by Gasteiger charge is -2.02. The zero-order valence-electron chi connectivity index (χ0n) is 8.01. The van der Waals surface area contributed by atoms with Crippen molar-refractivity contribution in [2.45, 2.75) is 32.9 Å². The Morgan fingerprint density at radius 3 is 2.93 bits per heavy atom. The van der Waals surface area contributed by atoms with Crippen LogP contribution in [0.3, 0.4) is 0 Å². The number of hydrogen-bond acceptors (Lipinski definition) is 4. The normalized spacial score (nSPS) is 10.4. The van der Waals surface area contributed by atoms with Crippen molar-refractivity contribution in [1.29, 1.82) is 0 Å². The van der Waals surface area contributed by atoms with E-state index in [-0.39, 0.29) is 18.1 Å². The van der Waals surface area contributed by atoms with E-state index in [0.717, 1.165) is 12.8 Å². The number of rotatable bonds is 5. The van der Waals surface area contributed by atoms with Crippen LogP contribution < -0.4 is 0 Å². The minimum Gasteiger partial charge on any atom is -0.390 e. The van der Waals surface area contributed by atoms with Gasteiger partial charge in [-0.2, -0.15) is 0 Å². The van der Waals surface area contributed by atoms with E-state index in [0.29, 0.717) is 6.54 Å². The number of unbranched alkanes of at least 4 members (excludes halogenated alkanes) is 1. The maximum atomic E-state index is 10.5. The van der Waals surface area contributed by atoms with Gasteiger partial charge in [0, 0.05) is 6.54 Å². The molecule has 6 heteroatoms. The summed E-state index contributed by atoms with van der Waals surface area (Å²) in [7, 11) is 0. The number of aryl methyl sites for hydroxylation is 1. The molecule has 0 aliphatic heterocycles. The number of nitro groups is 1. The van der Waals surface area contributed by atoms with E-state index in [2.05, 4.69) is 4.98 Å². The second-order valence-corrected chi connectivity index (χ2v) is 2.98. The molecular formula is C8H13N3O3. The van der Waals surface area contributed by atoms with Crippen LogP contribution in [0, 0.1) is 10.1 Å². The standard InChI is InChI=1S/C8H13N3O3/c1-2-3-4-10-6-9-8(11(13)14)7(10)5-12/h6,12H,2-5H2,1H3. The highest BCUT2D eigenvalue weighted by Crippen LogP contribution is 2.16. The summed E-state index contributed by atoms with van der Waals surface area (Å²) < 4.78 is 1.63. The average molecular weight is 199 g/mol. The summed E-state index contributed by atoms with van der Waals surface area (Å²) in [6.45, 7) is 2.34. The zero-order valence-corrected chi connectivity index (χ0v) is 8.01. The third-order valence-electron chi connectivity index (χ3n) is 2.00. The van der Waals surface area contributed by atoms with Gasteiger partial charge >= 0.3 is 5.82 Å². The zero-order chi connectivity index (χ0) is 10.6. The lowest BCUT2D eigenvalue weighted by atomic mass is 10.3. The smallest absolute Gasteiger partial charge is 0.387 e. The molecule has 6 nitrogen and oxygen atoms in total. The molecule has 0 unspecified atom stereocenters. The molecule has 0 radical (unpaired) electrons. The highest BCUT2D eigenvalue weighted by Gasteiger charge is 2.19. The second-order valence-electron chi connectivity index (χ2n) is 2.98. The topological polar surface area (TPSA) is 81.2 Å². The summed E-state index contributed by atoms with van der Waals surface area (Å²) >= 11 is 0. The molecule has 0 spiro atoms. The number of nitrogens with zero attached hydrogens (tertiary/aromatic N) is 3. The van der Waals surface area contributed by atoms with Gasteiger partial charge in [0.05, 0.1) is 6.61 Å². The van der Waals surface area contributed by atoms with Gasteiger partial charge in [-0.25, -0.2) is 0 Å². The minimum absolute atomic E-state index is 0.247. The molecule has 0 fully saturated rings. The summed E-state index contributed by atoms with van der Waals surface area (Å²) in [6.07, 6.45) is 3.32. The van der Waals surface area contributed by atoms with Crippen LogP contribution >= 0.6 is 0 Å². The van der Waals surface area contributed by atoms with E-state index in [9.17, 15) is 10.1 Å². The maximum Gasteiger partial charge on any atom is 0.387 e. The lowest BCUT2D eigenvalue weighted by molar-refractivity contribution is -0.390. The van der Waals surface area contributed by atoms with E-state index in [1.54, 1.807) is 4.57 Å². The van der Waals surface area contributed by atoms with E-state index in [1.165, 1.54) is 6.33 Å². The summed E-state index contributed by atoms with van der Waals surface area (Å²) in [5.41, 5.74) is 0.281. The number of aromatic nitrogens is 2. The monoisotopic (exact) mass is 199 g/mol. The molecule has 1 N–H and O–H groups in total. The first-order valence-corrected chi connectivity index (χ1v) is 4.50. The largest absolute Gasteiger partial charge is 0.390 e. The molecular weight excluding hydrogens is 186 g/mol. The summed E-state index contributed by atoms with van der Waals surface area (Å²) in [4.78, 5) is 13.6. The van der Waals surface area contributed by atoms with E-state index in [1.807, 2.05) is 6.92 Å². The highest BCUT2D eigenvalue weighted by atomic mass is 16.6. The molecule has 78 valence electrons. The summed E-state index contributed by atoms with van der Waals surface area (Å²) in [6, 6.07) is 0. The van der Waals surface area contributed by atoms with Crippen molar-refractivity contribution in [3.8, 4) is 0 Å². The molecule has 1 rings (SSSR count). The first-order chi connectivity index (χ1) is 6.70. The molecule has 0 atom stereocenters. The molecule has 0 aliphatic rings. The molecule has 1 aromatic rings. The van der Waals surface area contributed by atoms with Gasteiger partial charge in [0.15, 0.2) is 0 Å². The van der Waals surface area contributed by atoms with Crippen LogP contribution in [0.4, 0.5) is 5.82 Å². The van der Waals surface area contributed by atoms with Crippen molar-refractivity contribution in [2.24, 2.45) is 0 Å². The Bertz CT molecular complexity index is 322. The molecule has 14 heavy (non-hydrogen) atoms. The quantitative estimate of drug-likeness (QED) is 0.568. The van der Waals surface area contributed by atoms with Crippen LogP contribution in [0.25, 0.3) is 0 Å². The predicted molar refractivity (Wildman–Crippen MR) is 49.7 cm³/mol. The first-order valence-electron chi connectivity index (χ1n) is 4.50. The van der Waals surface area contributed by atoms with Gasteiger partial charge in [-0.1, -0.05) is 13.3 Å². The van der Waals surface area contributed by atoms with Crippen molar-refractivity contribution in [3.05, 3.63) is 22.1 Å². The van der Waals surface area contributed by atoms with E-state index in [4.69, 9.17) is 5.11 Å². The predicted octanol–water partition coefficient (Wildman–Crippen LogP) is 1.08. The second kappa shape index (κ2) is 4.71. The van der Waals surface area contributed by atoms with Crippen LogP contribution in [0.2, 0.25) is 0 Å². The Kier molecular flexibility index (Phi) is 3.58. The molecule has 0 saturated heterocycles. The van der Waals surface area contributed by atoms with Gasteiger partial charge in [-0.15, -0.1) is 0 Å². The Morgan fingerprint density at radius 1 is 1.71 bits per heavy atom.